The van der Waals surface area contributed by atoms with Gasteiger partial charge in [-0.2, -0.15) is 0 Å². The molecule has 0 bridgehead atoms. The van der Waals surface area contributed by atoms with Gasteiger partial charge in [0.1, 0.15) is 13.2 Å². The summed E-state index contributed by atoms with van der Waals surface area (Å²) in [7, 11) is 0. The lowest BCUT2D eigenvalue weighted by Gasteiger charge is -2.18. The number of unbranched alkanes of at least 4 members (excludes halogenated alkanes) is 29. The van der Waals surface area contributed by atoms with E-state index in [1.807, 2.05) is 0 Å². The lowest BCUT2D eigenvalue weighted by Crippen LogP contribution is -2.30. The fourth-order valence-electron chi connectivity index (χ4n) is 8.95. The maximum absolute atomic E-state index is 12.9. The standard InChI is InChI=1S/C71H120O6/c1-4-7-10-13-16-19-22-25-28-30-32-33-34-35-36-37-39-40-43-46-49-52-55-58-61-64-70(73)76-67-68(66-75-69(72)63-60-57-54-51-48-45-42-27-24-21-18-15-12-9-6-3)77-71(74)65-62-59-56-53-50-47-44-41-38-31-29-26-23-20-17-14-11-8-5-2/h8-9,11-12,17-18,20-22,25-27,29-30,32,38,41-42,68H,4-7,10,13-16,19,23-24,28,31,33-37,39-40,43-67H2,1-3H3/b11-8-,12-9-,20-17-,21-18-,25-22-,29-26-,32-30-,41-38-,42-27-. The molecule has 6 heteroatoms. The monoisotopic (exact) mass is 1070 g/mol. The Morgan fingerprint density at radius 3 is 0.792 bits per heavy atom. The molecule has 0 aromatic rings. The van der Waals surface area contributed by atoms with Crippen molar-refractivity contribution in [1.29, 1.82) is 0 Å². The highest BCUT2D eigenvalue weighted by molar-refractivity contribution is 5.71. The second kappa shape index (κ2) is 64.6. The average molecular weight is 1070 g/mol. The third-order valence-corrected chi connectivity index (χ3v) is 13.7. The smallest absolute Gasteiger partial charge is 0.306 e. The van der Waals surface area contributed by atoms with Crippen LogP contribution < -0.4 is 0 Å². The van der Waals surface area contributed by atoms with E-state index in [-0.39, 0.29) is 31.1 Å². The molecule has 0 aromatic carbocycles. The summed E-state index contributed by atoms with van der Waals surface area (Å²) in [6.07, 6.45) is 88.1. The van der Waals surface area contributed by atoms with E-state index >= 15 is 0 Å². The van der Waals surface area contributed by atoms with Crippen LogP contribution in [-0.2, 0) is 28.6 Å². The first-order chi connectivity index (χ1) is 38.0. The van der Waals surface area contributed by atoms with Crippen molar-refractivity contribution in [3.63, 3.8) is 0 Å². The molecule has 1 atom stereocenters. The van der Waals surface area contributed by atoms with Crippen LogP contribution in [0.15, 0.2) is 109 Å². The molecule has 0 radical (unpaired) electrons. The average Bonchev–Trinajstić information content (AvgIpc) is 3.43. The molecule has 0 saturated heterocycles. The van der Waals surface area contributed by atoms with Crippen molar-refractivity contribution in [2.75, 3.05) is 13.2 Å². The lowest BCUT2D eigenvalue weighted by molar-refractivity contribution is -0.167. The van der Waals surface area contributed by atoms with Crippen molar-refractivity contribution in [2.24, 2.45) is 0 Å². The van der Waals surface area contributed by atoms with Gasteiger partial charge in [0, 0.05) is 19.3 Å². The first kappa shape index (κ1) is 73.1. The van der Waals surface area contributed by atoms with Crippen molar-refractivity contribution in [3.8, 4) is 0 Å². The number of ether oxygens (including phenoxy) is 3. The Kier molecular flexibility index (Phi) is 61.3. The SMILES string of the molecule is CC/C=C\C/C=C\C/C=C\C/C=C\CCCCCCCCC(=O)OC(COC(=O)CCCCCCC/C=C\C/C=C\C/C=C\CC)COC(=O)CCCCCCCCCCCCCCC/C=C\C/C=C\CCCCCCC. The van der Waals surface area contributed by atoms with Gasteiger partial charge in [-0.1, -0.05) is 271 Å². The van der Waals surface area contributed by atoms with Gasteiger partial charge in [0.25, 0.3) is 0 Å². The molecule has 0 N–H and O–H groups in total. The second-order valence-electron chi connectivity index (χ2n) is 21.3. The number of hydrogen-bond acceptors (Lipinski definition) is 6. The molecule has 0 aliphatic heterocycles. The second-order valence-corrected chi connectivity index (χ2v) is 21.3. The summed E-state index contributed by atoms with van der Waals surface area (Å²) >= 11 is 0. The summed E-state index contributed by atoms with van der Waals surface area (Å²) in [4.78, 5) is 38.3. The summed E-state index contributed by atoms with van der Waals surface area (Å²) in [5, 5.41) is 0. The van der Waals surface area contributed by atoms with E-state index < -0.39 is 6.10 Å². The molecule has 0 heterocycles. The molecule has 0 rings (SSSR count). The van der Waals surface area contributed by atoms with Crippen molar-refractivity contribution >= 4 is 17.9 Å². The molecule has 0 aliphatic rings. The van der Waals surface area contributed by atoms with E-state index in [0.717, 1.165) is 141 Å². The van der Waals surface area contributed by atoms with Crippen molar-refractivity contribution in [1.82, 2.24) is 0 Å². The van der Waals surface area contributed by atoms with Crippen molar-refractivity contribution in [2.45, 2.75) is 309 Å². The minimum Gasteiger partial charge on any atom is -0.462 e. The van der Waals surface area contributed by atoms with E-state index in [9.17, 15) is 14.4 Å². The molecule has 0 aliphatic carbocycles. The summed E-state index contributed by atoms with van der Waals surface area (Å²) in [6.45, 7) is 6.40. The van der Waals surface area contributed by atoms with Crippen LogP contribution in [0.25, 0.3) is 0 Å². The molecule has 0 fully saturated rings. The molecule has 77 heavy (non-hydrogen) atoms. The highest BCUT2D eigenvalue weighted by Gasteiger charge is 2.19. The summed E-state index contributed by atoms with van der Waals surface area (Å²) in [5.74, 6) is -0.915. The van der Waals surface area contributed by atoms with Gasteiger partial charge >= 0.3 is 17.9 Å². The Bertz CT molecular complexity index is 1560. The van der Waals surface area contributed by atoms with Crippen LogP contribution in [-0.4, -0.2) is 37.2 Å². The molecule has 6 nitrogen and oxygen atoms in total. The normalized spacial score (nSPS) is 12.8. The highest BCUT2D eigenvalue weighted by Crippen LogP contribution is 2.16. The largest absolute Gasteiger partial charge is 0.462 e. The highest BCUT2D eigenvalue weighted by atomic mass is 16.6. The topological polar surface area (TPSA) is 78.9 Å². The van der Waals surface area contributed by atoms with E-state index in [1.165, 1.54) is 122 Å². The first-order valence-electron chi connectivity index (χ1n) is 32.4. The summed E-state index contributed by atoms with van der Waals surface area (Å²) in [5.41, 5.74) is 0. The Labute approximate surface area is 476 Å². The molecular formula is C71H120O6. The molecule has 1 unspecified atom stereocenters. The van der Waals surface area contributed by atoms with Crippen LogP contribution in [0.5, 0.6) is 0 Å². The Balaban J connectivity index is 4.37. The van der Waals surface area contributed by atoms with Crippen LogP contribution in [0.2, 0.25) is 0 Å². The number of hydrogen-bond donors (Lipinski definition) is 0. The first-order valence-corrected chi connectivity index (χ1v) is 32.4. The molecular weight excluding hydrogens is 949 g/mol. The van der Waals surface area contributed by atoms with Gasteiger partial charge in [-0.05, 0) is 122 Å². The van der Waals surface area contributed by atoms with Crippen LogP contribution in [0.3, 0.4) is 0 Å². The molecule has 0 spiro atoms. The molecule has 440 valence electrons. The van der Waals surface area contributed by atoms with Crippen LogP contribution in [0, 0.1) is 0 Å². The summed E-state index contributed by atoms with van der Waals surface area (Å²) < 4.78 is 16.9. The van der Waals surface area contributed by atoms with E-state index in [1.54, 1.807) is 0 Å². The van der Waals surface area contributed by atoms with Gasteiger partial charge in [0.15, 0.2) is 6.10 Å². The van der Waals surface area contributed by atoms with Crippen LogP contribution in [0.1, 0.15) is 303 Å². The zero-order chi connectivity index (χ0) is 55.7. The van der Waals surface area contributed by atoms with Crippen LogP contribution in [0.4, 0.5) is 0 Å². The fraction of sp³-hybridized carbons (Fsp3) is 0.704. The maximum atomic E-state index is 12.9. The van der Waals surface area contributed by atoms with Crippen molar-refractivity contribution in [3.05, 3.63) is 109 Å². The van der Waals surface area contributed by atoms with E-state index in [4.69, 9.17) is 14.2 Å². The minimum atomic E-state index is -0.797. The predicted octanol–water partition coefficient (Wildman–Crippen LogP) is 22.2. The van der Waals surface area contributed by atoms with Gasteiger partial charge in [-0.3, -0.25) is 14.4 Å². The molecule has 0 saturated carbocycles. The minimum absolute atomic E-state index is 0.0903. The Hall–Kier alpha value is -3.93. The fourth-order valence-corrected chi connectivity index (χ4v) is 8.95. The summed E-state index contributed by atoms with van der Waals surface area (Å²) in [6, 6.07) is 0. The van der Waals surface area contributed by atoms with Crippen molar-refractivity contribution < 1.29 is 28.6 Å². The number of rotatable bonds is 58. The number of allylic oxidation sites excluding steroid dienone is 18. The Morgan fingerprint density at radius 1 is 0.273 bits per heavy atom. The lowest BCUT2D eigenvalue weighted by atomic mass is 10.0. The molecule has 0 amide bonds. The zero-order valence-electron chi connectivity index (χ0n) is 50.4. The van der Waals surface area contributed by atoms with Gasteiger partial charge in [0.05, 0.1) is 0 Å². The van der Waals surface area contributed by atoms with Gasteiger partial charge < -0.3 is 14.2 Å². The quantitative estimate of drug-likeness (QED) is 0.0261. The number of carbonyl (C=O) groups is 3. The predicted molar refractivity (Wildman–Crippen MR) is 334 cm³/mol. The number of esters is 3. The molecule has 0 aromatic heterocycles. The third-order valence-electron chi connectivity index (χ3n) is 13.7. The van der Waals surface area contributed by atoms with E-state index in [2.05, 4.69) is 130 Å². The Morgan fingerprint density at radius 2 is 0.506 bits per heavy atom. The third kappa shape index (κ3) is 62.8. The van der Waals surface area contributed by atoms with Gasteiger partial charge in [-0.25, -0.2) is 0 Å². The van der Waals surface area contributed by atoms with Gasteiger partial charge in [0.2, 0.25) is 0 Å². The van der Waals surface area contributed by atoms with E-state index in [0.29, 0.717) is 19.3 Å². The van der Waals surface area contributed by atoms with Gasteiger partial charge in [-0.15, -0.1) is 0 Å². The van der Waals surface area contributed by atoms with Crippen LogP contribution >= 0.6 is 0 Å². The number of carbonyl (C=O) groups excluding carboxylic acids is 3. The zero-order valence-corrected chi connectivity index (χ0v) is 50.4. The maximum Gasteiger partial charge on any atom is 0.306 e.